The van der Waals surface area contributed by atoms with Crippen molar-refractivity contribution in [2.45, 2.75) is 32.8 Å². The fourth-order valence-corrected chi connectivity index (χ4v) is 0.554. The summed E-state index contributed by atoms with van der Waals surface area (Å²) in [6, 6.07) is 0. The molecule has 0 saturated carbocycles. The molecule has 5 heteroatoms. The molecule has 73 valence electrons. The van der Waals surface area contributed by atoms with Crippen LogP contribution in [-0.2, 0) is 47.0 Å². The molecular weight excluding hydrogens is 249 g/mol. The summed E-state index contributed by atoms with van der Waals surface area (Å²) in [6.45, 7) is 5.18. The number of hydrogen-bond donors (Lipinski definition) is 1. The zero-order valence-electron chi connectivity index (χ0n) is 8.03. The number of carbonyl (C=O) groups excluding carboxylic acids is 1. The van der Waals surface area contributed by atoms with E-state index in [4.69, 9.17) is 9.84 Å². The third kappa shape index (κ3) is 11.9. The van der Waals surface area contributed by atoms with Crippen molar-refractivity contribution in [3.8, 4) is 0 Å². The van der Waals surface area contributed by atoms with E-state index in [0.717, 1.165) is 6.42 Å². The first kappa shape index (κ1) is 15.4. The van der Waals surface area contributed by atoms with Gasteiger partial charge in [-0.05, 0) is 20.8 Å². The van der Waals surface area contributed by atoms with Gasteiger partial charge in [-0.25, -0.2) is 0 Å². The van der Waals surface area contributed by atoms with E-state index in [1.54, 1.807) is 20.8 Å². The molecule has 0 aliphatic heterocycles. The number of carboxylic acid groups (broad SMARTS) is 1. The molecule has 0 unspecified atom stereocenters. The second-order valence-corrected chi connectivity index (χ2v) is 3.33. The first-order chi connectivity index (χ1) is 5.31. The summed E-state index contributed by atoms with van der Waals surface area (Å²) in [6.07, 6.45) is 0.681. The Labute approximate surface area is 103 Å². The molecule has 0 bridgehead atoms. The third-order valence-corrected chi connectivity index (χ3v) is 0.863. The standard InChI is InChI=1S/C8H13O4.Y/c1-8(2,3)12-7(11)5-4-6(9)10;/h4H,5H2,1-3H3,(H,9,10);/q-1;. The van der Waals surface area contributed by atoms with Crippen LogP contribution in [0.1, 0.15) is 27.2 Å². The summed E-state index contributed by atoms with van der Waals surface area (Å²) in [5.74, 6) is -1.63. The Morgan fingerprint density at radius 3 is 2.15 bits per heavy atom. The van der Waals surface area contributed by atoms with Crippen molar-refractivity contribution in [2.24, 2.45) is 0 Å². The molecule has 13 heavy (non-hydrogen) atoms. The Balaban J connectivity index is 0. The van der Waals surface area contributed by atoms with E-state index in [2.05, 4.69) is 0 Å². The fraction of sp³-hybridized carbons (Fsp3) is 0.625. The maximum absolute atomic E-state index is 10.8. The summed E-state index contributed by atoms with van der Waals surface area (Å²) in [5.41, 5.74) is -0.552. The average Bonchev–Trinajstić information content (AvgIpc) is 1.79. The second-order valence-electron chi connectivity index (χ2n) is 3.33. The molecule has 0 aliphatic carbocycles. The molecule has 0 amide bonds. The van der Waals surface area contributed by atoms with Gasteiger partial charge in [0.15, 0.2) is 5.97 Å². The van der Waals surface area contributed by atoms with E-state index >= 15 is 0 Å². The fourth-order valence-electron chi connectivity index (χ4n) is 0.554. The number of aliphatic carboxylic acids is 1. The number of ether oxygens (including phenoxy) is 1. The van der Waals surface area contributed by atoms with Gasteiger partial charge < -0.3 is 9.84 Å². The molecule has 0 aromatic carbocycles. The van der Waals surface area contributed by atoms with Crippen LogP contribution < -0.4 is 0 Å². The van der Waals surface area contributed by atoms with Gasteiger partial charge in [-0.2, -0.15) is 0 Å². The monoisotopic (exact) mass is 262 g/mol. The SMILES string of the molecule is CC(C)(C)OC(=O)C[CH-]C(=O)O.[Y]. The Kier molecular flexibility index (Phi) is 7.55. The van der Waals surface area contributed by atoms with Crippen molar-refractivity contribution in [3.05, 3.63) is 6.42 Å². The Morgan fingerprint density at radius 2 is 1.85 bits per heavy atom. The van der Waals surface area contributed by atoms with Gasteiger partial charge in [0.05, 0.1) is 0 Å². The van der Waals surface area contributed by atoms with Gasteiger partial charge in [0, 0.05) is 32.7 Å². The van der Waals surface area contributed by atoms with Crippen molar-refractivity contribution in [2.75, 3.05) is 0 Å². The number of carbonyl (C=O) groups is 2. The predicted molar refractivity (Wildman–Crippen MR) is 42.4 cm³/mol. The number of hydrogen-bond acceptors (Lipinski definition) is 3. The summed E-state index contributed by atoms with van der Waals surface area (Å²) >= 11 is 0. The Bertz CT molecular complexity index is 183. The molecule has 0 rings (SSSR count). The van der Waals surface area contributed by atoms with Crippen LogP contribution in [-0.4, -0.2) is 22.6 Å². The number of esters is 1. The smallest absolute Gasteiger partial charge is 0.278 e. The third-order valence-electron chi connectivity index (χ3n) is 0.863. The Hall–Kier alpha value is -0.0861. The molecule has 1 N–H and O–H groups in total. The van der Waals surface area contributed by atoms with E-state index in [1.807, 2.05) is 0 Å². The normalized spacial score (nSPS) is 9.77. The maximum Gasteiger partial charge on any atom is 0.278 e. The molecule has 4 nitrogen and oxygen atoms in total. The average molecular weight is 262 g/mol. The quantitative estimate of drug-likeness (QED) is 0.609. The van der Waals surface area contributed by atoms with E-state index in [-0.39, 0.29) is 39.1 Å². The van der Waals surface area contributed by atoms with Gasteiger partial charge in [0.2, 0.25) is 0 Å². The Morgan fingerprint density at radius 1 is 1.38 bits per heavy atom. The molecule has 0 heterocycles. The molecule has 0 fully saturated rings. The first-order valence-electron chi connectivity index (χ1n) is 3.59. The summed E-state index contributed by atoms with van der Waals surface area (Å²) in [7, 11) is 0. The van der Waals surface area contributed by atoms with Gasteiger partial charge in [-0.15, -0.1) is 0 Å². The van der Waals surface area contributed by atoms with Crippen molar-refractivity contribution in [3.63, 3.8) is 0 Å². The first-order valence-corrected chi connectivity index (χ1v) is 3.59. The van der Waals surface area contributed by atoms with Gasteiger partial charge >= 0.3 is 0 Å². The van der Waals surface area contributed by atoms with Crippen LogP contribution in [0.3, 0.4) is 0 Å². The molecular formula is C8H13O4Y-. The summed E-state index contributed by atoms with van der Waals surface area (Å²) in [5, 5.41) is 8.20. The number of rotatable bonds is 3. The molecule has 0 aliphatic rings. The molecule has 0 saturated heterocycles. The van der Waals surface area contributed by atoms with Gasteiger partial charge in [-0.3, -0.25) is 16.0 Å². The molecule has 0 atom stereocenters. The van der Waals surface area contributed by atoms with Crippen molar-refractivity contribution < 1.29 is 52.1 Å². The molecule has 0 spiro atoms. The van der Waals surface area contributed by atoms with Gasteiger partial charge in [0.1, 0.15) is 5.60 Å². The van der Waals surface area contributed by atoms with E-state index in [1.165, 1.54) is 0 Å². The van der Waals surface area contributed by atoms with Crippen molar-refractivity contribution in [1.82, 2.24) is 0 Å². The van der Waals surface area contributed by atoms with Crippen LogP contribution in [0, 0.1) is 6.42 Å². The van der Waals surface area contributed by atoms with E-state index in [9.17, 15) is 9.59 Å². The molecule has 0 aromatic heterocycles. The van der Waals surface area contributed by atoms with Crippen LogP contribution in [0.4, 0.5) is 0 Å². The van der Waals surface area contributed by atoms with E-state index in [0.29, 0.717) is 0 Å². The second kappa shape index (κ2) is 6.38. The topological polar surface area (TPSA) is 63.6 Å². The van der Waals surface area contributed by atoms with Gasteiger partial charge in [0.25, 0.3) is 5.97 Å². The van der Waals surface area contributed by atoms with Gasteiger partial charge in [-0.1, -0.05) is 6.42 Å². The van der Waals surface area contributed by atoms with Crippen LogP contribution in [0.2, 0.25) is 0 Å². The molecule has 0 aromatic rings. The summed E-state index contributed by atoms with van der Waals surface area (Å²) < 4.78 is 4.85. The molecule has 1 radical (unpaired) electrons. The summed E-state index contributed by atoms with van der Waals surface area (Å²) in [4.78, 5) is 20.9. The van der Waals surface area contributed by atoms with Crippen LogP contribution >= 0.6 is 0 Å². The number of carboxylic acids is 1. The van der Waals surface area contributed by atoms with E-state index < -0.39 is 17.5 Å². The van der Waals surface area contributed by atoms with Crippen molar-refractivity contribution in [1.29, 1.82) is 0 Å². The zero-order valence-corrected chi connectivity index (χ0v) is 10.9. The minimum absolute atomic E-state index is 0. The van der Waals surface area contributed by atoms with Crippen LogP contribution in [0.25, 0.3) is 0 Å². The van der Waals surface area contributed by atoms with Crippen molar-refractivity contribution >= 4 is 11.9 Å². The minimum Gasteiger partial charge on any atom is -0.503 e. The predicted octanol–water partition coefficient (Wildman–Crippen LogP) is 1.00. The zero-order chi connectivity index (χ0) is 9.78. The minimum atomic E-state index is -1.11. The largest absolute Gasteiger partial charge is 0.503 e. The van der Waals surface area contributed by atoms with Crippen LogP contribution in [0.5, 0.6) is 0 Å². The maximum atomic E-state index is 10.8. The van der Waals surface area contributed by atoms with Crippen LogP contribution in [0.15, 0.2) is 0 Å².